The molecule has 0 aliphatic rings. The van der Waals surface area contributed by atoms with Crippen molar-refractivity contribution in [1.82, 2.24) is 10.6 Å². The number of hydrogen-bond acceptors (Lipinski definition) is 7. The van der Waals surface area contributed by atoms with E-state index in [0.717, 1.165) is 0 Å². The number of carboxylic acids is 1. The van der Waals surface area contributed by atoms with Gasteiger partial charge in [0.25, 0.3) is 0 Å². The molecular formula is C9H17N3O6S. The number of aliphatic carboxylic acids is 1. The Morgan fingerprint density at radius 2 is 1.58 bits per heavy atom. The number of aliphatic hydroxyl groups excluding tert-OH is 2. The lowest BCUT2D eigenvalue weighted by Gasteiger charge is -2.20. The van der Waals surface area contributed by atoms with Crippen LogP contribution in [-0.2, 0) is 14.4 Å². The zero-order valence-electron chi connectivity index (χ0n) is 9.94. The van der Waals surface area contributed by atoms with E-state index in [9.17, 15) is 14.4 Å². The number of rotatable bonds is 8. The second kappa shape index (κ2) is 8.69. The number of nitrogens with two attached hydrogens (primary N) is 1. The zero-order valence-corrected chi connectivity index (χ0v) is 10.8. The van der Waals surface area contributed by atoms with E-state index in [1.54, 1.807) is 0 Å². The Morgan fingerprint density at radius 1 is 1.05 bits per heavy atom. The molecule has 7 N–H and O–H groups in total. The van der Waals surface area contributed by atoms with Crippen LogP contribution in [-0.4, -0.2) is 70.2 Å². The van der Waals surface area contributed by atoms with Gasteiger partial charge in [-0.25, -0.2) is 4.79 Å². The second-order valence-electron chi connectivity index (χ2n) is 3.61. The smallest absolute Gasteiger partial charge is 0.327 e. The molecule has 0 aliphatic heterocycles. The summed E-state index contributed by atoms with van der Waals surface area (Å²) in [6, 6.07) is -3.83. The molecule has 0 rings (SSSR count). The van der Waals surface area contributed by atoms with E-state index in [2.05, 4.69) is 23.3 Å². The van der Waals surface area contributed by atoms with Crippen molar-refractivity contribution in [3.63, 3.8) is 0 Å². The van der Waals surface area contributed by atoms with E-state index in [1.165, 1.54) is 0 Å². The molecule has 0 saturated carbocycles. The number of thiol groups is 1. The molecule has 10 heteroatoms. The van der Waals surface area contributed by atoms with Gasteiger partial charge >= 0.3 is 5.97 Å². The lowest BCUT2D eigenvalue weighted by atomic mass is 10.2. The topological polar surface area (TPSA) is 162 Å². The number of amides is 2. The maximum atomic E-state index is 11.6. The Bertz CT molecular complexity index is 340. The van der Waals surface area contributed by atoms with Gasteiger partial charge in [0.2, 0.25) is 11.8 Å². The normalized spacial score (nSPS) is 15.2. The Hall–Kier alpha value is -1.36. The van der Waals surface area contributed by atoms with Gasteiger partial charge in [-0.2, -0.15) is 12.6 Å². The van der Waals surface area contributed by atoms with E-state index in [4.69, 9.17) is 21.1 Å². The lowest BCUT2D eigenvalue weighted by molar-refractivity contribution is -0.141. The Balaban J connectivity index is 4.56. The molecule has 2 amide bonds. The van der Waals surface area contributed by atoms with Gasteiger partial charge in [-0.05, 0) is 0 Å². The number of carbonyl (C=O) groups excluding carboxylic acids is 2. The summed E-state index contributed by atoms with van der Waals surface area (Å²) in [5, 5.41) is 30.5. The maximum absolute atomic E-state index is 11.6. The van der Waals surface area contributed by atoms with Crippen LogP contribution in [0.1, 0.15) is 0 Å². The molecule has 110 valence electrons. The fraction of sp³-hybridized carbons (Fsp3) is 0.667. The van der Waals surface area contributed by atoms with Crippen molar-refractivity contribution in [2.75, 3.05) is 19.0 Å². The first kappa shape index (κ1) is 17.6. The first-order chi connectivity index (χ1) is 8.87. The highest BCUT2D eigenvalue weighted by Gasteiger charge is 2.26. The quantitative estimate of drug-likeness (QED) is 0.226. The standard InChI is InChI=1S/C9H17N3O6S/c10-4(1-13)7(15)11-5(2-14)8(16)12-6(3-19)9(17)18/h4-6,13-14,19H,1-3,10H2,(H,11,15)(H,12,16)(H,17,18)/t4-,5-,6-/m0/s1. The molecule has 0 aromatic rings. The van der Waals surface area contributed by atoms with Crippen molar-refractivity contribution >= 4 is 30.4 Å². The minimum Gasteiger partial charge on any atom is -0.480 e. The van der Waals surface area contributed by atoms with Gasteiger partial charge in [0, 0.05) is 5.75 Å². The average Bonchev–Trinajstić information content (AvgIpc) is 2.39. The molecule has 9 nitrogen and oxygen atoms in total. The molecule has 0 bridgehead atoms. The van der Waals surface area contributed by atoms with Crippen molar-refractivity contribution in [2.45, 2.75) is 18.1 Å². The predicted molar refractivity (Wildman–Crippen MR) is 67.5 cm³/mol. The van der Waals surface area contributed by atoms with Gasteiger partial charge in [-0.15, -0.1) is 0 Å². The second-order valence-corrected chi connectivity index (χ2v) is 3.98. The minimum atomic E-state index is -1.35. The van der Waals surface area contributed by atoms with Crippen LogP contribution in [0, 0.1) is 0 Å². The summed E-state index contributed by atoms with van der Waals surface area (Å²) in [6.07, 6.45) is 0. The van der Waals surface area contributed by atoms with Gasteiger partial charge in [-0.1, -0.05) is 0 Å². The molecule has 0 heterocycles. The Kier molecular flexibility index (Phi) is 8.07. The predicted octanol–water partition coefficient (Wildman–Crippen LogP) is -3.72. The minimum absolute atomic E-state index is 0.149. The highest BCUT2D eigenvalue weighted by Crippen LogP contribution is 1.92. The summed E-state index contributed by atoms with van der Waals surface area (Å²) >= 11 is 3.75. The highest BCUT2D eigenvalue weighted by molar-refractivity contribution is 7.80. The fourth-order valence-electron chi connectivity index (χ4n) is 1.01. The van der Waals surface area contributed by atoms with Crippen LogP contribution in [0.25, 0.3) is 0 Å². The van der Waals surface area contributed by atoms with Crippen molar-refractivity contribution in [3.05, 3.63) is 0 Å². The molecular weight excluding hydrogens is 278 g/mol. The number of carbonyl (C=O) groups is 3. The third-order valence-electron chi connectivity index (χ3n) is 2.15. The molecule has 19 heavy (non-hydrogen) atoms. The summed E-state index contributed by atoms with van der Waals surface area (Å²) in [5.74, 6) is -3.17. The molecule has 0 radical (unpaired) electrons. The fourth-order valence-corrected chi connectivity index (χ4v) is 1.26. The Morgan fingerprint density at radius 3 is 1.95 bits per heavy atom. The van der Waals surface area contributed by atoms with Crippen molar-refractivity contribution in [2.24, 2.45) is 5.73 Å². The van der Waals surface area contributed by atoms with Gasteiger partial charge in [-0.3, -0.25) is 9.59 Å². The molecule has 0 spiro atoms. The zero-order chi connectivity index (χ0) is 15.0. The van der Waals surface area contributed by atoms with E-state index >= 15 is 0 Å². The molecule has 0 aromatic heterocycles. The number of hydrogen-bond donors (Lipinski definition) is 7. The molecule has 0 saturated heterocycles. The molecule has 0 unspecified atom stereocenters. The summed E-state index contributed by atoms with van der Waals surface area (Å²) < 4.78 is 0. The molecule has 3 atom stereocenters. The van der Waals surface area contributed by atoms with E-state index < -0.39 is 49.1 Å². The number of carboxylic acid groups (broad SMARTS) is 1. The van der Waals surface area contributed by atoms with E-state index in [0.29, 0.717) is 0 Å². The third kappa shape index (κ3) is 5.87. The van der Waals surface area contributed by atoms with Crippen LogP contribution in [0.3, 0.4) is 0 Å². The van der Waals surface area contributed by atoms with E-state index in [-0.39, 0.29) is 5.75 Å². The maximum Gasteiger partial charge on any atom is 0.327 e. The van der Waals surface area contributed by atoms with Gasteiger partial charge < -0.3 is 31.7 Å². The monoisotopic (exact) mass is 295 g/mol. The summed E-state index contributed by atoms with van der Waals surface area (Å²) in [5.41, 5.74) is 5.21. The van der Waals surface area contributed by atoms with Crippen molar-refractivity contribution in [3.8, 4) is 0 Å². The number of aliphatic hydroxyl groups is 2. The Labute approximate surface area is 114 Å². The molecule has 0 fully saturated rings. The SMILES string of the molecule is N[C@@H](CO)C(=O)N[C@@H](CO)C(=O)N[C@@H](CS)C(=O)O. The summed E-state index contributed by atoms with van der Waals surface area (Å²) in [4.78, 5) is 33.6. The lowest BCUT2D eigenvalue weighted by Crippen LogP contribution is -2.56. The van der Waals surface area contributed by atoms with Gasteiger partial charge in [0.1, 0.15) is 18.1 Å². The van der Waals surface area contributed by atoms with Crippen LogP contribution in [0.2, 0.25) is 0 Å². The number of nitrogens with one attached hydrogen (secondary N) is 2. The summed E-state index contributed by atoms with van der Waals surface area (Å²) in [7, 11) is 0. The summed E-state index contributed by atoms with van der Waals surface area (Å²) in [6.45, 7) is -1.37. The van der Waals surface area contributed by atoms with E-state index in [1.807, 2.05) is 0 Å². The van der Waals surface area contributed by atoms with Crippen LogP contribution < -0.4 is 16.4 Å². The van der Waals surface area contributed by atoms with Crippen LogP contribution in [0.15, 0.2) is 0 Å². The van der Waals surface area contributed by atoms with Crippen molar-refractivity contribution in [1.29, 1.82) is 0 Å². The molecule has 0 aliphatic carbocycles. The van der Waals surface area contributed by atoms with Gasteiger partial charge in [0.05, 0.1) is 13.2 Å². The van der Waals surface area contributed by atoms with Crippen LogP contribution in [0.5, 0.6) is 0 Å². The molecule has 0 aromatic carbocycles. The van der Waals surface area contributed by atoms with Crippen LogP contribution >= 0.6 is 12.6 Å². The van der Waals surface area contributed by atoms with Crippen molar-refractivity contribution < 1.29 is 29.7 Å². The van der Waals surface area contributed by atoms with Crippen LogP contribution in [0.4, 0.5) is 0 Å². The van der Waals surface area contributed by atoms with Gasteiger partial charge in [0.15, 0.2) is 0 Å². The highest BCUT2D eigenvalue weighted by atomic mass is 32.1. The largest absolute Gasteiger partial charge is 0.480 e. The average molecular weight is 295 g/mol. The first-order valence-corrected chi connectivity index (χ1v) is 5.92. The first-order valence-electron chi connectivity index (χ1n) is 5.29. The third-order valence-corrected chi connectivity index (χ3v) is 2.51.